The summed E-state index contributed by atoms with van der Waals surface area (Å²) in [6, 6.07) is 8.65. The van der Waals surface area contributed by atoms with Gasteiger partial charge in [-0.15, -0.1) is 0 Å². The van der Waals surface area contributed by atoms with Gasteiger partial charge in [-0.3, -0.25) is 0 Å². The summed E-state index contributed by atoms with van der Waals surface area (Å²) in [7, 11) is 2.17. The van der Waals surface area contributed by atoms with E-state index in [0.29, 0.717) is 0 Å². The quantitative estimate of drug-likeness (QED) is 0.641. The largest absolute Gasteiger partial charge is 0.371 e. The van der Waals surface area contributed by atoms with Gasteiger partial charge in [0.05, 0.1) is 11.4 Å². The van der Waals surface area contributed by atoms with Crippen molar-refractivity contribution in [2.75, 3.05) is 29.9 Å². The molecule has 0 spiro atoms. The molecule has 0 fully saturated rings. The first-order valence-corrected chi connectivity index (χ1v) is 5.58. The van der Waals surface area contributed by atoms with Crippen LogP contribution < -0.4 is 9.80 Å². The Bertz CT molecular complexity index is 352. The van der Waals surface area contributed by atoms with E-state index in [1.807, 2.05) is 0 Å². The predicted molar refractivity (Wildman–Crippen MR) is 66.8 cm³/mol. The molecule has 0 aromatic heterocycles. The van der Waals surface area contributed by atoms with E-state index in [4.69, 9.17) is 0 Å². The fourth-order valence-electron chi connectivity index (χ4n) is 2.20. The second-order valence-electron chi connectivity index (χ2n) is 5.23. The maximum absolute atomic E-state index is 2.49. The predicted octanol–water partition coefficient (Wildman–Crippen LogP) is 2.74. The second-order valence-corrected chi connectivity index (χ2v) is 5.23. The highest BCUT2D eigenvalue weighted by molar-refractivity contribution is 5.73. The normalized spacial score (nSPS) is 16.5. The van der Waals surface area contributed by atoms with Gasteiger partial charge in [-0.1, -0.05) is 12.1 Å². The lowest BCUT2D eigenvalue weighted by Gasteiger charge is -2.44. The smallest absolute Gasteiger partial charge is 0.0608 e. The molecule has 1 aliphatic heterocycles. The number of fused-ring (bicyclic) bond motifs is 1. The zero-order valence-corrected chi connectivity index (χ0v) is 10.1. The highest BCUT2D eigenvalue weighted by atomic mass is 15.3. The van der Waals surface area contributed by atoms with Crippen LogP contribution in [-0.2, 0) is 0 Å². The van der Waals surface area contributed by atoms with Crippen molar-refractivity contribution in [3.63, 3.8) is 0 Å². The maximum atomic E-state index is 2.49. The highest BCUT2D eigenvalue weighted by Gasteiger charge is 2.27. The number of hydrogen-bond acceptors (Lipinski definition) is 2. The summed E-state index contributed by atoms with van der Waals surface area (Å²) in [5.41, 5.74) is 2.91. The van der Waals surface area contributed by atoms with Crippen LogP contribution in [0.2, 0.25) is 0 Å². The zero-order valence-electron chi connectivity index (χ0n) is 10.1. The number of benzene rings is 1. The number of rotatable bonds is 0. The Morgan fingerprint density at radius 3 is 2.20 bits per heavy atom. The average molecular weight is 204 g/mol. The average Bonchev–Trinajstić information content (AvgIpc) is 2.17. The summed E-state index contributed by atoms with van der Waals surface area (Å²) >= 11 is 0. The first-order valence-electron chi connectivity index (χ1n) is 5.58. The first kappa shape index (κ1) is 10.3. The van der Waals surface area contributed by atoms with Crippen LogP contribution >= 0.6 is 0 Å². The maximum Gasteiger partial charge on any atom is 0.0608 e. The Morgan fingerprint density at radius 2 is 1.60 bits per heavy atom. The molecule has 1 aliphatic rings. The minimum atomic E-state index is 0.206. The molecular formula is C13H20N2. The molecule has 2 heteroatoms. The Labute approximate surface area is 92.5 Å². The number of anilines is 2. The third kappa shape index (κ3) is 1.81. The zero-order chi connectivity index (χ0) is 11.1. The van der Waals surface area contributed by atoms with Gasteiger partial charge in [-0.05, 0) is 32.9 Å². The lowest BCUT2D eigenvalue weighted by Crippen LogP contribution is -2.49. The summed E-state index contributed by atoms with van der Waals surface area (Å²) in [5, 5.41) is 0. The minimum absolute atomic E-state index is 0.206. The molecule has 2 nitrogen and oxygen atoms in total. The van der Waals surface area contributed by atoms with Gasteiger partial charge in [0.25, 0.3) is 0 Å². The van der Waals surface area contributed by atoms with Gasteiger partial charge in [0.2, 0.25) is 0 Å². The number of likely N-dealkylation sites (N-methyl/N-ethyl adjacent to an activating group) is 1. The van der Waals surface area contributed by atoms with Gasteiger partial charge in [0.1, 0.15) is 0 Å². The molecule has 0 unspecified atom stereocenters. The number of hydrogen-bond donors (Lipinski definition) is 0. The number of para-hydroxylation sites is 2. The molecule has 0 saturated carbocycles. The van der Waals surface area contributed by atoms with Crippen LogP contribution in [0.1, 0.15) is 20.8 Å². The summed E-state index contributed by atoms with van der Waals surface area (Å²) in [6.07, 6.45) is 0. The van der Waals surface area contributed by atoms with E-state index >= 15 is 0 Å². The third-order valence-corrected chi connectivity index (χ3v) is 3.05. The highest BCUT2D eigenvalue weighted by Crippen LogP contribution is 2.35. The van der Waals surface area contributed by atoms with Crippen LogP contribution in [0.3, 0.4) is 0 Å². The van der Waals surface area contributed by atoms with E-state index in [9.17, 15) is 0 Å². The molecule has 0 bridgehead atoms. The van der Waals surface area contributed by atoms with Crippen molar-refractivity contribution in [2.24, 2.45) is 0 Å². The van der Waals surface area contributed by atoms with Crippen LogP contribution in [0.15, 0.2) is 24.3 Å². The van der Waals surface area contributed by atoms with Crippen molar-refractivity contribution >= 4 is 11.4 Å². The van der Waals surface area contributed by atoms with Gasteiger partial charge >= 0.3 is 0 Å². The SMILES string of the molecule is CN1CCN(C(C)(C)C)c2ccccc21. The van der Waals surface area contributed by atoms with Crippen molar-refractivity contribution in [2.45, 2.75) is 26.3 Å². The fraction of sp³-hybridized carbons (Fsp3) is 0.538. The van der Waals surface area contributed by atoms with Crippen molar-refractivity contribution < 1.29 is 0 Å². The first-order chi connectivity index (χ1) is 7.00. The lowest BCUT2D eigenvalue weighted by atomic mass is 10.0. The van der Waals surface area contributed by atoms with Crippen molar-refractivity contribution in [3.05, 3.63) is 24.3 Å². The van der Waals surface area contributed by atoms with Gasteiger partial charge in [-0.2, -0.15) is 0 Å². The van der Waals surface area contributed by atoms with Crippen LogP contribution in [0, 0.1) is 0 Å². The van der Waals surface area contributed by atoms with Crippen molar-refractivity contribution in [1.82, 2.24) is 0 Å². The molecule has 1 heterocycles. The van der Waals surface area contributed by atoms with Gasteiger partial charge in [-0.25, -0.2) is 0 Å². The molecule has 2 rings (SSSR count). The van der Waals surface area contributed by atoms with E-state index in [-0.39, 0.29) is 5.54 Å². The Hall–Kier alpha value is -1.18. The Kier molecular flexibility index (Phi) is 2.37. The van der Waals surface area contributed by atoms with Gasteiger partial charge < -0.3 is 9.80 Å². The van der Waals surface area contributed by atoms with E-state index in [0.717, 1.165) is 13.1 Å². The molecule has 15 heavy (non-hydrogen) atoms. The molecule has 1 aromatic rings. The molecule has 1 aromatic carbocycles. The fourth-order valence-corrected chi connectivity index (χ4v) is 2.20. The van der Waals surface area contributed by atoms with Gasteiger partial charge in [0, 0.05) is 25.7 Å². The van der Waals surface area contributed by atoms with E-state index < -0.39 is 0 Å². The molecule has 0 aliphatic carbocycles. The molecule has 0 saturated heterocycles. The standard InChI is InChI=1S/C13H20N2/c1-13(2,3)15-10-9-14(4)11-7-5-6-8-12(11)15/h5-8H,9-10H2,1-4H3. The van der Waals surface area contributed by atoms with Crippen LogP contribution in [-0.4, -0.2) is 25.7 Å². The Balaban J connectivity index is 2.45. The molecule has 0 atom stereocenters. The summed E-state index contributed by atoms with van der Waals surface area (Å²) in [6.45, 7) is 9.03. The van der Waals surface area contributed by atoms with Gasteiger partial charge in [0.15, 0.2) is 0 Å². The number of nitrogens with zero attached hydrogens (tertiary/aromatic N) is 2. The van der Waals surface area contributed by atoms with Crippen LogP contribution in [0.4, 0.5) is 11.4 Å². The summed E-state index contributed by atoms with van der Waals surface area (Å²) < 4.78 is 0. The molecule has 0 N–H and O–H groups in total. The van der Waals surface area contributed by atoms with Crippen LogP contribution in [0.5, 0.6) is 0 Å². The Morgan fingerprint density at radius 1 is 1.00 bits per heavy atom. The van der Waals surface area contributed by atoms with Crippen LogP contribution in [0.25, 0.3) is 0 Å². The van der Waals surface area contributed by atoms with Crippen molar-refractivity contribution in [3.8, 4) is 0 Å². The molecular weight excluding hydrogens is 184 g/mol. The van der Waals surface area contributed by atoms with E-state index in [1.54, 1.807) is 0 Å². The molecule has 82 valence electrons. The third-order valence-electron chi connectivity index (χ3n) is 3.05. The minimum Gasteiger partial charge on any atom is -0.371 e. The summed E-state index contributed by atoms with van der Waals surface area (Å²) in [4.78, 5) is 4.82. The molecule has 0 amide bonds. The lowest BCUT2D eigenvalue weighted by molar-refractivity contribution is 0.496. The molecule has 0 radical (unpaired) electrons. The second kappa shape index (κ2) is 3.44. The topological polar surface area (TPSA) is 6.48 Å². The monoisotopic (exact) mass is 204 g/mol. The van der Waals surface area contributed by atoms with E-state index in [1.165, 1.54) is 11.4 Å². The van der Waals surface area contributed by atoms with Crippen molar-refractivity contribution in [1.29, 1.82) is 0 Å². The summed E-state index contributed by atoms with van der Waals surface area (Å²) in [5.74, 6) is 0. The van der Waals surface area contributed by atoms with E-state index in [2.05, 4.69) is 61.9 Å².